The number of rotatable bonds is 3. The number of oxazole rings is 1. The third-order valence-corrected chi connectivity index (χ3v) is 3.61. The van der Waals surface area contributed by atoms with Gasteiger partial charge >= 0.3 is 5.97 Å². The van der Waals surface area contributed by atoms with Gasteiger partial charge in [0.2, 0.25) is 0 Å². The minimum atomic E-state index is -0.430. The molecule has 2 rings (SSSR count). The van der Waals surface area contributed by atoms with Crippen LogP contribution in [0.1, 0.15) is 49.9 Å². The number of carbonyl (C=O) groups excluding carboxylic acids is 1. The highest BCUT2D eigenvalue weighted by Crippen LogP contribution is 2.40. The summed E-state index contributed by atoms with van der Waals surface area (Å²) in [6, 6.07) is 0. The van der Waals surface area contributed by atoms with Crippen LogP contribution in [0, 0.1) is 5.92 Å². The van der Waals surface area contributed by atoms with E-state index >= 15 is 0 Å². The highest BCUT2D eigenvalue weighted by Gasteiger charge is 2.42. The van der Waals surface area contributed by atoms with Gasteiger partial charge in [-0.25, -0.2) is 9.78 Å². The van der Waals surface area contributed by atoms with Gasteiger partial charge in [-0.2, -0.15) is 0 Å². The minimum Gasteiger partial charge on any atom is -0.461 e. The largest absolute Gasteiger partial charge is 0.461 e. The van der Waals surface area contributed by atoms with Crippen molar-refractivity contribution in [3.8, 4) is 0 Å². The number of carbonyl (C=O) groups is 1. The molecule has 0 N–H and O–H groups in total. The summed E-state index contributed by atoms with van der Waals surface area (Å²) in [5.74, 6) is 0.473. The molecule has 1 aromatic heterocycles. The Balaban J connectivity index is 2.29. The van der Waals surface area contributed by atoms with E-state index in [1.54, 1.807) is 6.92 Å². The molecule has 4 unspecified atom stereocenters. The van der Waals surface area contributed by atoms with Crippen molar-refractivity contribution < 1.29 is 18.7 Å². The van der Waals surface area contributed by atoms with Crippen LogP contribution in [0.2, 0.25) is 0 Å². The van der Waals surface area contributed by atoms with Crippen molar-refractivity contribution in [1.29, 1.82) is 0 Å². The monoisotopic (exact) mass is 253 g/mol. The molecule has 0 radical (unpaired) electrons. The molecule has 0 bridgehead atoms. The molecule has 0 aromatic carbocycles. The minimum absolute atomic E-state index is 0.0103. The van der Waals surface area contributed by atoms with Crippen LogP contribution >= 0.6 is 0 Å². The Bertz CT molecular complexity index is 428. The molecule has 1 saturated heterocycles. The molecule has 0 spiro atoms. The zero-order valence-electron chi connectivity index (χ0n) is 11.2. The van der Waals surface area contributed by atoms with Gasteiger partial charge in [0.15, 0.2) is 12.1 Å². The molecule has 5 nitrogen and oxygen atoms in total. The van der Waals surface area contributed by atoms with E-state index in [0.29, 0.717) is 12.4 Å². The molecule has 0 aliphatic carbocycles. The SMILES string of the molecule is CCOC(=O)c1ncoc1C1C(C)OC(C)C1C. The lowest BCUT2D eigenvalue weighted by Crippen LogP contribution is -2.18. The Kier molecular flexibility index (Phi) is 3.71. The van der Waals surface area contributed by atoms with E-state index in [9.17, 15) is 4.79 Å². The normalized spacial score (nSPS) is 31.6. The predicted octanol–water partition coefficient (Wildman–Crippen LogP) is 2.38. The van der Waals surface area contributed by atoms with Gasteiger partial charge in [-0.3, -0.25) is 0 Å². The van der Waals surface area contributed by atoms with Crippen LogP contribution in [-0.4, -0.2) is 29.8 Å². The van der Waals surface area contributed by atoms with E-state index in [1.807, 2.05) is 13.8 Å². The van der Waals surface area contributed by atoms with Gasteiger partial charge in [-0.1, -0.05) is 6.92 Å². The molecular weight excluding hydrogens is 234 g/mol. The first kappa shape index (κ1) is 13.1. The molecule has 18 heavy (non-hydrogen) atoms. The standard InChI is InChI=1S/C13H19NO4/c1-5-16-13(15)11-12(17-6-14-11)10-7(2)8(3)18-9(10)4/h6-10H,5H2,1-4H3. The first-order valence-electron chi connectivity index (χ1n) is 6.32. The molecule has 5 heteroatoms. The summed E-state index contributed by atoms with van der Waals surface area (Å²) in [6.45, 7) is 8.21. The molecule has 4 atom stereocenters. The highest BCUT2D eigenvalue weighted by molar-refractivity contribution is 5.88. The summed E-state index contributed by atoms with van der Waals surface area (Å²) >= 11 is 0. The summed E-state index contributed by atoms with van der Waals surface area (Å²) in [6.07, 6.45) is 1.45. The topological polar surface area (TPSA) is 61.6 Å². The van der Waals surface area contributed by atoms with Gasteiger partial charge in [0.1, 0.15) is 5.76 Å². The maximum Gasteiger partial charge on any atom is 0.360 e. The maximum atomic E-state index is 11.8. The summed E-state index contributed by atoms with van der Waals surface area (Å²) in [7, 11) is 0. The Labute approximate surface area is 106 Å². The van der Waals surface area contributed by atoms with Crippen LogP contribution < -0.4 is 0 Å². The van der Waals surface area contributed by atoms with Crippen molar-refractivity contribution in [3.05, 3.63) is 17.8 Å². The first-order chi connectivity index (χ1) is 8.56. The quantitative estimate of drug-likeness (QED) is 0.774. The Morgan fingerprint density at radius 2 is 2.11 bits per heavy atom. The second kappa shape index (κ2) is 5.10. The fourth-order valence-corrected chi connectivity index (χ4v) is 2.56. The molecule has 100 valence electrons. The van der Waals surface area contributed by atoms with E-state index in [0.717, 1.165) is 0 Å². The second-order valence-electron chi connectivity index (χ2n) is 4.72. The van der Waals surface area contributed by atoms with Crippen molar-refractivity contribution in [2.24, 2.45) is 5.92 Å². The highest BCUT2D eigenvalue weighted by atomic mass is 16.5. The number of nitrogens with zero attached hydrogens (tertiary/aromatic N) is 1. The predicted molar refractivity (Wildman–Crippen MR) is 64.4 cm³/mol. The molecule has 1 aliphatic rings. The summed E-state index contributed by atoms with van der Waals surface area (Å²) < 4.78 is 16.2. The average Bonchev–Trinajstić information content (AvgIpc) is 2.86. The summed E-state index contributed by atoms with van der Waals surface area (Å²) in [5.41, 5.74) is 0.276. The lowest BCUT2D eigenvalue weighted by Gasteiger charge is -2.16. The van der Waals surface area contributed by atoms with Crippen LogP contribution in [0.25, 0.3) is 0 Å². The molecule has 1 aromatic rings. The number of hydrogen-bond donors (Lipinski definition) is 0. The van der Waals surface area contributed by atoms with Crippen LogP contribution in [0.4, 0.5) is 0 Å². The van der Waals surface area contributed by atoms with Crippen LogP contribution in [-0.2, 0) is 9.47 Å². The van der Waals surface area contributed by atoms with E-state index in [2.05, 4.69) is 11.9 Å². The zero-order chi connectivity index (χ0) is 13.3. The van der Waals surface area contributed by atoms with E-state index < -0.39 is 5.97 Å². The molecule has 0 amide bonds. The second-order valence-corrected chi connectivity index (χ2v) is 4.72. The molecule has 2 heterocycles. The summed E-state index contributed by atoms with van der Waals surface area (Å²) in [5, 5.41) is 0. The first-order valence-corrected chi connectivity index (χ1v) is 6.32. The van der Waals surface area contributed by atoms with Gasteiger partial charge in [0.05, 0.1) is 24.7 Å². The van der Waals surface area contributed by atoms with Gasteiger partial charge in [0.25, 0.3) is 0 Å². The zero-order valence-corrected chi connectivity index (χ0v) is 11.2. The fraction of sp³-hybridized carbons (Fsp3) is 0.692. The third-order valence-electron chi connectivity index (χ3n) is 3.61. The van der Waals surface area contributed by atoms with Gasteiger partial charge in [0, 0.05) is 0 Å². The number of hydrogen-bond acceptors (Lipinski definition) is 5. The number of esters is 1. The van der Waals surface area contributed by atoms with Crippen LogP contribution in [0.5, 0.6) is 0 Å². The third kappa shape index (κ3) is 2.14. The van der Waals surface area contributed by atoms with E-state index in [4.69, 9.17) is 13.9 Å². The van der Waals surface area contributed by atoms with Gasteiger partial charge in [-0.05, 0) is 26.7 Å². The Morgan fingerprint density at radius 1 is 1.39 bits per heavy atom. The fourth-order valence-electron chi connectivity index (χ4n) is 2.56. The van der Waals surface area contributed by atoms with E-state index in [1.165, 1.54) is 6.39 Å². The smallest absolute Gasteiger partial charge is 0.360 e. The Hall–Kier alpha value is -1.36. The van der Waals surface area contributed by atoms with Crippen molar-refractivity contribution in [3.63, 3.8) is 0 Å². The number of aromatic nitrogens is 1. The molecular formula is C13H19NO4. The van der Waals surface area contributed by atoms with Gasteiger partial charge in [-0.15, -0.1) is 0 Å². The van der Waals surface area contributed by atoms with E-state index in [-0.39, 0.29) is 29.7 Å². The van der Waals surface area contributed by atoms with Crippen molar-refractivity contribution >= 4 is 5.97 Å². The average molecular weight is 253 g/mol. The summed E-state index contributed by atoms with van der Waals surface area (Å²) in [4.78, 5) is 15.8. The molecule has 0 saturated carbocycles. The number of ether oxygens (including phenoxy) is 2. The maximum absolute atomic E-state index is 11.8. The van der Waals surface area contributed by atoms with Crippen molar-refractivity contribution in [2.45, 2.75) is 45.8 Å². The van der Waals surface area contributed by atoms with Crippen LogP contribution in [0.3, 0.4) is 0 Å². The van der Waals surface area contributed by atoms with Gasteiger partial charge < -0.3 is 13.9 Å². The van der Waals surface area contributed by atoms with Crippen molar-refractivity contribution in [2.75, 3.05) is 6.61 Å². The van der Waals surface area contributed by atoms with Crippen LogP contribution in [0.15, 0.2) is 10.8 Å². The lowest BCUT2D eigenvalue weighted by molar-refractivity contribution is 0.0508. The molecule has 1 fully saturated rings. The van der Waals surface area contributed by atoms with Crippen molar-refractivity contribution in [1.82, 2.24) is 4.98 Å². The Morgan fingerprint density at radius 3 is 2.67 bits per heavy atom. The lowest BCUT2D eigenvalue weighted by atomic mass is 9.86. The molecule has 1 aliphatic heterocycles.